The fraction of sp³-hybridized carbons (Fsp3) is 0.188. The second-order valence-electron chi connectivity index (χ2n) is 5.59. The molecule has 0 spiro atoms. The van der Waals surface area contributed by atoms with E-state index < -0.39 is 0 Å². The molecule has 2 aromatic heterocycles. The lowest BCUT2D eigenvalue weighted by atomic mass is 10.00. The van der Waals surface area contributed by atoms with E-state index in [1.54, 1.807) is 6.07 Å². The molecule has 1 unspecified atom stereocenters. The standard InChI is InChI=1S/C16H11Cl2N3O3S/c17-11-6-19-21-15(12(11)18)24-8-2-4-9-7(5-8)1-3-10(9)13-14(22)20-16(23)25-13/h2,4-6,10,22H,1,3H2,(H,20,23). The van der Waals surface area contributed by atoms with Crippen molar-refractivity contribution >= 4 is 34.5 Å². The van der Waals surface area contributed by atoms with Gasteiger partial charge in [0.15, 0.2) is 0 Å². The van der Waals surface area contributed by atoms with Crippen LogP contribution in [0.4, 0.5) is 0 Å². The van der Waals surface area contributed by atoms with Gasteiger partial charge in [-0.2, -0.15) is 5.10 Å². The molecular weight excluding hydrogens is 385 g/mol. The van der Waals surface area contributed by atoms with E-state index in [2.05, 4.69) is 15.2 Å². The van der Waals surface area contributed by atoms with Crippen molar-refractivity contribution in [3.63, 3.8) is 0 Å². The molecule has 0 saturated carbocycles. The van der Waals surface area contributed by atoms with E-state index in [1.807, 2.05) is 12.1 Å². The third kappa shape index (κ3) is 2.99. The van der Waals surface area contributed by atoms with Gasteiger partial charge in [-0.25, -0.2) is 0 Å². The number of halogens is 2. The normalized spacial score (nSPS) is 16.0. The number of H-pyrrole nitrogens is 1. The van der Waals surface area contributed by atoms with E-state index in [0.717, 1.165) is 35.3 Å². The van der Waals surface area contributed by atoms with Crippen molar-refractivity contribution in [2.75, 3.05) is 0 Å². The molecule has 128 valence electrons. The number of aromatic nitrogens is 3. The molecule has 9 heteroatoms. The van der Waals surface area contributed by atoms with Crippen LogP contribution in [-0.2, 0) is 6.42 Å². The van der Waals surface area contributed by atoms with Crippen molar-refractivity contribution in [3.05, 3.63) is 60.1 Å². The van der Waals surface area contributed by atoms with Gasteiger partial charge >= 0.3 is 4.87 Å². The maximum atomic E-state index is 11.4. The average molecular weight is 396 g/mol. The fourth-order valence-corrected chi connectivity index (χ4v) is 4.14. The zero-order valence-corrected chi connectivity index (χ0v) is 15.0. The van der Waals surface area contributed by atoms with Gasteiger partial charge in [0.2, 0.25) is 5.88 Å². The van der Waals surface area contributed by atoms with Crippen LogP contribution in [0.2, 0.25) is 10.0 Å². The van der Waals surface area contributed by atoms with Crippen molar-refractivity contribution < 1.29 is 9.84 Å². The predicted molar refractivity (Wildman–Crippen MR) is 95.3 cm³/mol. The Kier molecular flexibility index (Phi) is 4.15. The molecule has 1 atom stereocenters. The second kappa shape index (κ2) is 6.33. The van der Waals surface area contributed by atoms with Gasteiger partial charge < -0.3 is 9.84 Å². The Morgan fingerprint density at radius 3 is 2.96 bits per heavy atom. The highest BCUT2D eigenvalue weighted by Crippen LogP contribution is 2.43. The zero-order chi connectivity index (χ0) is 17.6. The number of rotatable bonds is 3. The number of aromatic amines is 1. The summed E-state index contributed by atoms with van der Waals surface area (Å²) in [6.45, 7) is 0. The SMILES string of the molecule is O=c1[nH]c(O)c(C2CCc3cc(Oc4nncc(Cl)c4Cl)ccc32)s1. The van der Waals surface area contributed by atoms with Crippen molar-refractivity contribution in [2.45, 2.75) is 18.8 Å². The molecule has 0 fully saturated rings. The number of fused-ring (bicyclic) bond motifs is 1. The molecule has 0 saturated heterocycles. The van der Waals surface area contributed by atoms with Crippen molar-refractivity contribution in [1.29, 1.82) is 0 Å². The van der Waals surface area contributed by atoms with Crippen LogP contribution in [0, 0.1) is 0 Å². The van der Waals surface area contributed by atoms with Crippen LogP contribution >= 0.6 is 34.5 Å². The minimum atomic E-state index is -0.255. The second-order valence-corrected chi connectivity index (χ2v) is 7.39. The van der Waals surface area contributed by atoms with Gasteiger partial charge in [-0.05, 0) is 36.1 Å². The van der Waals surface area contributed by atoms with Crippen molar-refractivity contribution in [1.82, 2.24) is 15.2 Å². The first kappa shape index (κ1) is 16.4. The number of thiazole rings is 1. The molecule has 2 N–H and O–H groups in total. The Labute approximate surface area is 156 Å². The topological polar surface area (TPSA) is 88.1 Å². The quantitative estimate of drug-likeness (QED) is 0.696. The summed E-state index contributed by atoms with van der Waals surface area (Å²) in [6.07, 6.45) is 2.98. The minimum Gasteiger partial charge on any atom is -0.494 e. The maximum Gasteiger partial charge on any atom is 0.307 e. The highest BCUT2D eigenvalue weighted by molar-refractivity contribution is 7.09. The smallest absolute Gasteiger partial charge is 0.307 e. The first-order valence-corrected chi connectivity index (χ1v) is 8.99. The van der Waals surface area contributed by atoms with Crippen LogP contribution in [0.5, 0.6) is 17.5 Å². The van der Waals surface area contributed by atoms with Gasteiger partial charge in [0, 0.05) is 5.92 Å². The van der Waals surface area contributed by atoms with Crippen LogP contribution in [-0.4, -0.2) is 20.3 Å². The summed E-state index contributed by atoms with van der Waals surface area (Å²) in [5.74, 6) is 0.672. The van der Waals surface area contributed by atoms with Crippen LogP contribution in [0.15, 0.2) is 29.2 Å². The Balaban J connectivity index is 1.64. The van der Waals surface area contributed by atoms with Gasteiger partial charge in [0.05, 0.1) is 16.1 Å². The number of nitrogens with one attached hydrogen (secondary N) is 1. The third-order valence-corrected chi connectivity index (χ3v) is 5.83. The molecule has 1 aliphatic rings. The van der Waals surface area contributed by atoms with E-state index in [0.29, 0.717) is 10.6 Å². The van der Waals surface area contributed by atoms with E-state index in [1.165, 1.54) is 6.20 Å². The summed E-state index contributed by atoms with van der Waals surface area (Å²) < 4.78 is 5.69. The largest absolute Gasteiger partial charge is 0.494 e. The van der Waals surface area contributed by atoms with Gasteiger partial charge in [-0.3, -0.25) is 9.78 Å². The molecule has 1 aromatic carbocycles. The number of nitrogens with zero attached hydrogens (tertiary/aromatic N) is 2. The maximum absolute atomic E-state index is 11.4. The van der Waals surface area contributed by atoms with E-state index >= 15 is 0 Å². The van der Waals surface area contributed by atoms with Gasteiger partial charge in [0.1, 0.15) is 10.8 Å². The van der Waals surface area contributed by atoms with Crippen LogP contribution < -0.4 is 9.61 Å². The molecule has 25 heavy (non-hydrogen) atoms. The molecule has 1 aliphatic carbocycles. The molecule has 0 bridgehead atoms. The molecule has 0 radical (unpaired) electrons. The molecule has 4 rings (SSSR count). The summed E-state index contributed by atoms with van der Waals surface area (Å²) in [7, 11) is 0. The minimum absolute atomic E-state index is 0.00236. The van der Waals surface area contributed by atoms with E-state index in [9.17, 15) is 9.90 Å². The zero-order valence-electron chi connectivity index (χ0n) is 12.6. The van der Waals surface area contributed by atoms with Crippen molar-refractivity contribution in [2.24, 2.45) is 0 Å². The monoisotopic (exact) mass is 395 g/mol. The van der Waals surface area contributed by atoms with Gasteiger partial charge in [0.25, 0.3) is 5.88 Å². The van der Waals surface area contributed by atoms with Gasteiger partial charge in [-0.15, -0.1) is 5.10 Å². The number of ether oxygens (including phenoxy) is 1. The summed E-state index contributed by atoms with van der Waals surface area (Å²) in [5.41, 5.74) is 2.16. The molecule has 0 aliphatic heterocycles. The van der Waals surface area contributed by atoms with Crippen LogP contribution in [0.1, 0.15) is 28.3 Å². The highest BCUT2D eigenvalue weighted by atomic mass is 35.5. The predicted octanol–water partition coefficient (Wildman–Crippen LogP) is 4.11. The van der Waals surface area contributed by atoms with Crippen LogP contribution in [0.3, 0.4) is 0 Å². The Morgan fingerprint density at radius 2 is 2.20 bits per heavy atom. The number of hydrogen-bond acceptors (Lipinski definition) is 6. The summed E-state index contributed by atoms with van der Waals surface area (Å²) >= 11 is 13.0. The lowest BCUT2D eigenvalue weighted by Crippen LogP contribution is -1.95. The highest BCUT2D eigenvalue weighted by Gasteiger charge is 2.28. The average Bonchev–Trinajstić information content (AvgIpc) is 3.14. The van der Waals surface area contributed by atoms with Crippen LogP contribution in [0.25, 0.3) is 0 Å². The first-order valence-electron chi connectivity index (χ1n) is 7.42. The Hall–Kier alpha value is -2.09. The fourth-order valence-electron chi connectivity index (χ4n) is 3.01. The summed E-state index contributed by atoms with van der Waals surface area (Å²) in [4.78, 5) is 14.3. The van der Waals surface area contributed by atoms with Crippen molar-refractivity contribution in [3.8, 4) is 17.5 Å². The lowest BCUT2D eigenvalue weighted by Gasteiger charge is -2.11. The Bertz CT molecular complexity index is 1020. The molecule has 2 heterocycles. The Morgan fingerprint density at radius 1 is 1.36 bits per heavy atom. The number of aryl methyl sites for hydroxylation is 1. The van der Waals surface area contributed by atoms with E-state index in [4.69, 9.17) is 27.9 Å². The molecule has 6 nitrogen and oxygen atoms in total. The number of aromatic hydroxyl groups is 1. The lowest BCUT2D eigenvalue weighted by molar-refractivity contribution is 0.447. The third-order valence-electron chi connectivity index (χ3n) is 4.10. The molecule has 3 aromatic rings. The summed E-state index contributed by atoms with van der Waals surface area (Å²) in [6, 6.07) is 5.63. The first-order chi connectivity index (χ1) is 12.0. The van der Waals surface area contributed by atoms with Gasteiger partial charge in [-0.1, -0.05) is 40.6 Å². The number of hydrogen-bond donors (Lipinski definition) is 2. The summed E-state index contributed by atoms with van der Waals surface area (Å²) in [5, 5.41) is 18.0. The number of benzene rings is 1. The van der Waals surface area contributed by atoms with E-state index in [-0.39, 0.29) is 32.6 Å². The molecule has 0 amide bonds. The molecular formula is C16H11Cl2N3O3S.